The molecular weight excluding hydrogens is 334 g/mol. The quantitative estimate of drug-likeness (QED) is 0.882. The lowest BCUT2D eigenvalue weighted by Crippen LogP contribution is -2.46. The van der Waals surface area contributed by atoms with E-state index < -0.39 is 0 Å². The van der Waals surface area contributed by atoms with E-state index in [0.29, 0.717) is 16.5 Å². The average Bonchev–Trinajstić information content (AvgIpc) is 3.24. The molecule has 1 N–H and O–H groups in total. The van der Waals surface area contributed by atoms with Gasteiger partial charge in [0.15, 0.2) is 0 Å². The van der Waals surface area contributed by atoms with E-state index >= 15 is 0 Å². The minimum atomic E-state index is -0.108. The van der Waals surface area contributed by atoms with Crippen LogP contribution in [0.2, 0.25) is 5.02 Å². The van der Waals surface area contributed by atoms with Gasteiger partial charge in [0.1, 0.15) is 5.82 Å². The molecule has 21 heavy (non-hydrogen) atoms. The van der Waals surface area contributed by atoms with Crippen molar-refractivity contribution in [1.82, 2.24) is 10.2 Å². The van der Waals surface area contributed by atoms with E-state index in [4.69, 9.17) is 11.6 Å². The Labute approximate surface area is 143 Å². The highest BCUT2D eigenvalue weighted by Crippen LogP contribution is 2.47. The van der Waals surface area contributed by atoms with E-state index in [-0.39, 0.29) is 36.7 Å². The summed E-state index contributed by atoms with van der Waals surface area (Å²) < 4.78 is 14.5. The lowest BCUT2D eigenvalue weighted by atomic mass is 9.97. The summed E-state index contributed by atoms with van der Waals surface area (Å²) in [6.45, 7) is 5.73. The number of hydrogen-bond donors (Lipinski definition) is 1. The van der Waals surface area contributed by atoms with Crippen molar-refractivity contribution >= 4 is 36.4 Å². The molecule has 1 aliphatic carbocycles. The summed E-state index contributed by atoms with van der Waals surface area (Å²) in [5.74, 6) is 0.467. The topological polar surface area (TPSA) is 15.3 Å². The van der Waals surface area contributed by atoms with Gasteiger partial charge in [-0.1, -0.05) is 17.7 Å². The number of nitrogens with one attached hydrogen (secondary N) is 1. The third kappa shape index (κ3) is 4.02. The van der Waals surface area contributed by atoms with Gasteiger partial charge in [-0.25, -0.2) is 4.39 Å². The maximum Gasteiger partial charge on any atom is 0.132 e. The molecule has 0 amide bonds. The Bertz CT molecular complexity index is 474. The molecule has 1 saturated carbocycles. The average molecular weight is 356 g/mol. The van der Waals surface area contributed by atoms with Gasteiger partial charge in [0.2, 0.25) is 0 Å². The summed E-state index contributed by atoms with van der Waals surface area (Å²) in [4.78, 5) is 2.40. The Kier molecular flexibility index (Phi) is 7.21. The molecular formula is C15H22Cl3FN2. The van der Waals surface area contributed by atoms with Crippen LogP contribution in [0.15, 0.2) is 12.1 Å². The Hall–Kier alpha value is -0.0600. The molecule has 1 heterocycles. The molecule has 0 unspecified atom stereocenters. The number of piperazine rings is 1. The molecule has 1 saturated heterocycles. The standard InChI is InChI=1S/C15H20ClFN2.2ClH/c1-10-2-5-12(16)13(14(10)17)15(11-3-4-11)19-8-6-18-7-9-19;;/h2,5,11,15,18H,3-4,6-9H2,1H3;2*1H/t15-;;/m1../s1. The SMILES string of the molecule is Cc1ccc(Cl)c([C@@H](C2CC2)N2CCNCC2)c1F.Cl.Cl. The molecule has 2 aliphatic rings. The van der Waals surface area contributed by atoms with Crippen molar-refractivity contribution < 1.29 is 4.39 Å². The maximum atomic E-state index is 14.5. The molecule has 1 aromatic carbocycles. The monoisotopic (exact) mass is 354 g/mol. The van der Waals surface area contributed by atoms with Crippen molar-refractivity contribution in [3.63, 3.8) is 0 Å². The van der Waals surface area contributed by atoms with Crippen LogP contribution in [0.5, 0.6) is 0 Å². The predicted octanol–water partition coefficient (Wildman–Crippen LogP) is 3.99. The first-order chi connectivity index (χ1) is 9.18. The van der Waals surface area contributed by atoms with Gasteiger partial charge in [-0.15, -0.1) is 24.8 Å². The second-order valence-electron chi connectivity index (χ2n) is 5.66. The summed E-state index contributed by atoms with van der Waals surface area (Å²) >= 11 is 6.31. The van der Waals surface area contributed by atoms with Crippen molar-refractivity contribution in [3.8, 4) is 0 Å². The first-order valence-corrected chi connectivity index (χ1v) is 7.45. The van der Waals surface area contributed by atoms with Crippen LogP contribution < -0.4 is 5.32 Å². The maximum absolute atomic E-state index is 14.5. The minimum absolute atomic E-state index is 0. The van der Waals surface area contributed by atoms with E-state index in [0.717, 1.165) is 31.7 Å². The normalized spacial score (nSPS) is 20.3. The lowest BCUT2D eigenvalue weighted by molar-refractivity contribution is 0.153. The molecule has 2 fully saturated rings. The van der Waals surface area contributed by atoms with Gasteiger partial charge in [-0.05, 0) is 37.3 Å². The number of halogens is 4. The minimum Gasteiger partial charge on any atom is -0.314 e. The molecule has 0 bridgehead atoms. The number of nitrogens with zero attached hydrogens (tertiary/aromatic N) is 1. The summed E-state index contributed by atoms with van der Waals surface area (Å²) in [6, 6.07) is 3.77. The van der Waals surface area contributed by atoms with Crippen LogP contribution in [0, 0.1) is 18.7 Å². The van der Waals surface area contributed by atoms with Gasteiger partial charge in [0, 0.05) is 42.8 Å². The Balaban J connectivity index is 0.00000110. The van der Waals surface area contributed by atoms with Gasteiger partial charge in [0.05, 0.1) is 0 Å². The third-order valence-electron chi connectivity index (χ3n) is 4.23. The van der Waals surface area contributed by atoms with E-state index in [1.54, 1.807) is 6.07 Å². The predicted molar refractivity (Wildman–Crippen MR) is 90.6 cm³/mol. The van der Waals surface area contributed by atoms with Crippen molar-refractivity contribution in [2.24, 2.45) is 5.92 Å². The molecule has 2 nitrogen and oxygen atoms in total. The molecule has 6 heteroatoms. The van der Waals surface area contributed by atoms with Gasteiger partial charge in [-0.2, -0.15) is 0 Å². The largest absolute Gasteiger partial charge is 0.314 e. The summed E-state index contributed by atoms with van der Waals surface area (Å²) in [6.07, 6.45) is 2.39. The highest BCUT2D eigenvalue weighted by molar-refractivity contribution is 6.31. The number of rotatable bonds is 3. The number of aryl methyl sites for hydroxylation is 1. The van der Waals surface area contributed by atoms with E-state index in [1.807, 2.05) is 13.0 Å². The molecule has 0 aromatic heterocycles. The van der Waals surface area contributed by atoms with E-state index in [9.17, 15) is 4.39 Å². The second kappa shape index (κ2) is 7.98. The molecule has 3 rings (SSSR count). The smallest absolute Gasteiger partial charge is 0.132 e. The van der Waals surface area contributed by atoms with E-state index in [2.05, 4.69) is 10.2 Å². The van der Waals surface area contributed by atoms with Gasteiger partial charge < -0.3 is 5.32 Å². The fourth-order valence-electron chi connectivity index (χ4n) is 3.04. The fraction of sp³-hybridized carbons (Fsp3) is 0.600. The number of hydrogen-bond acceptors (Lipinski definition) is 2. The highest BCUT2D eigenvalue weighted by atomic mass is 35.5. The summed E-state index contributed by atoms with van der Waals surface area (Å²) in [7, 11) is 0. The van der Waals surface area contributed by atoms with Crippen LogP contribution in [-0.2, 0) is 0 Å². The van der Waals surface area contributed by atoms with Crippen LogP contribution in [0.25, 0.3) is 0 Å². The lowest BCUT2D eigenvalue weighted by Gasteiger charge is -2.36. The highest BCUT2D eigenvalue weighted by Gasteiger charge is 2.39. The molecule has 1 aliphatic heterocycles. The van der Waals surface area contributed by atoms with Crippen molar-refractivity contribution in [3.05, 3.63) is 34.1 Å². The molecule has 1 aromatic rings. The zero-order valence-electron chi connectivity index (χ0n) is 12.1. The Morgan fingerprint density at radius 2 is 1.86 bits per heavy atom. The molecule has 0 radical (unpaired) electrons. The fourth-order valence-corrected chi connectivity index (χ4v) is 3.30. The number of benzene rings is 1. The van der Waals surface area contributed by atoms with Crippen LogP contribution in [0.4, 0.5) is 4.39 Å². The van der Waals surface area contributed by atoms with Crippen LogP contribution in [-0.4, -0.2) is 31.1 Å². The van der Waals surface area contributed by atoms with Crippen LogP contribution in [0.3, 0.4) is 0 Å². The zero-order chi connectivity index (χ0) is 13.4. The Morgan fingerprint density at radius 1 is 1.24 bits per heavy atom. The van der Waals surface area contributed by atoms with Crippen molar-refractivity contribution in [1.29, 1.82) is 0 Å². The molecule has 120 valence electrons. The first kappa shape index (κ1) is 19.0. The first-order valence-electron chi connectivity index (χ1n) is 7.07. The van der Waals surface area contributed by atoms with Gasteiger partial charge in [-0.3, -0.25) is 4.90 Å². The molecule has 1 atom stereocenters. The molecule has 0 spiro atoms. The Morgan fingerprint density at radius 3 is 2.43 bits per heavy atom. The van der Waals surface area contributed by atoms with E-state index in [1.165, 1.54) is 12.8 Å². The summed E-state index contributed by atoms with van der Waals surface area (Å²) in [5.41, 5.74) is 1.42. The zero-order valence-corrected chi connectivity index (χ0v) is 14.5. The summed E-state index contributed by atoms with van der Waals surface area (Å²) in [5, 5.41) is 3.93. The van der Waals surface area contributed by atoms with Crippen molar-refractivity contribution in [2.75, 3.05) is 26.2 Å². The van der Waals surface area contributed by atoms with Crippen LogP contribution in [0.1, 0.15) is 30.0 Å². The van der Waals surface area contributed by atoms with Crippen molar-refractivity contribution in [2.45, 2.75) is 25.8 Å². The second-order valence-corrected chi connectivity index (χ2v) is 6.07. The van der Waals surface area contributed by atoms with Gasteiger partial charge in [0.25, 0.3) is 0 Å². The third-order valence-corrected chi connectivity index (χ3v) is 4.56. The van der Waals surface area contributed by atoms with Gasteiger partial charge >= 0.3 is 0 Å². The van der Waals surface area contributed by atoms with Crippen LogP contribution >= 0.6 is 36.4 Å².